The average molecular weight is 492 g/mol. The molecule has 0 bridgehead atoms. The Balaban J connectivity index is 1.52. The number of benzene rings is 2. The lowest BCUT2D eigenvalue weighted by molar-refractivity contribution is -0.127. The zero-order valence-corrected chi connectivity index (χ0v) is 21.6. The molecule has 2 saturated carbocycles. The number of hydrogen-bond donors (Lipinski definition) is 1. The van der Waals surface area contributed by atoms with Crippen molar-refractivity contribution in [1.29, 1.82) is 0 Å². The molecule has 2 aromatic carbocycles. The van der Waals surface area contributed by atoms with Gasteiger partial charge in [0.2, 0.25) is 5.91 Å². The molecule has 1 amide bonds. The number of fused-ring (bicyclic) bond motifs is 1. The molecule has 5 nitrogen and oxygen atoms in total. The third kappa shape index (κ3) is 5.42. The maximum Gasteiger partial charge on any atom is 0.243 e. The van der Waals surface area contributed by atoms with Crippen molar-refractivity contribution in [2.75, 3.05) is 0 Å². The molecule has 1 heterocycles. The highest BCUT2D eigenvalue weighted by Crippen LogP contribution is 2.37. The number of carbonyl (C=O) groups is 1. The average Bonchev–Trinajstić information content (AvgIpc) is 3.23. The summed E-state index contributed by atoms with van der Waals surface area (Å²) in [6, 6.07) is 10.6. The van der Waals surface area contributed by atoms with E-state index in [0.29, 0.717) is 11.3 Å². The van der Waals surface area contributed by atoms with Gasteiger partial charge in [-0.2, -0.15) is 0 Å². The van der Waals surface area contributed by atoms with Crippen molar-refractivity contribution in [1.82, 2.24) is 14.9 Å². The Labute approximate surface area is 213 Å². The molecular formula is C30H38FN3O2. The van der Waals surface area contributed by atoms with Crippen LogP contribution in [0.3, 0.4) is 0 Å². The number of nitrogens with zero attached hydrogens (tertiary/aromatic N) is 2. The van der Waals surface area contributed by atoms with Crippen molar-refractivity contribution >= 4 is 16.9 Å². The zero-order chi connectivity index (χ0) is 25.1. The Bertz CT molecular complexity index is 1210. The number of aromatic nitrogens is 2. The first-order valence-electron chi connectivity index (χ1n) is 13.7. The summed E-state index contributed by atoms with van der Waals surface area (Å²) in [5.74, 6) is 1.41. The Hall–Kier alpha value is -2.89. The van der Waals surface area contributed by atoms with Gasteiger partial charge in [-0.15, -0.1) is 0 Å². The molecular weight excluding hydrogens is 453 g/mol. The Morgan fingerprint density at radius 2 is 1.72 bits per heavy atom. The summed E-state index contributed by atoms with van der Waals surface area (Å²) in [5.41, 5.74) is 3.74. The second-order valence-corrected chi connectivity index (χ2v) is 10.8. The summed E-state index contributed by atoms with van der Waals surface area (Å²) in [6.07, 6.45) is 11.2. The Kier molecular flexibility index (Phi) is 7.59. The summed E-state index contributed by atoms with van der Waals surface area (Å²) >= 11 is 0. The van der Waals surface area contributed by atoms with E-state index in [2.05, 4.69) is 23.7 Å². The molecule has 0 saturated heterocycles. The monoisotopic (exact) mass is 491 g/mol. The second-order valence-electron chi connectivity index (χ2n) is 10.8. The SMILES string of the molecule is Cc1ccc(OCc2nc3cc(F)ccc3n2C(C(=O)NC2CCCCC2)C2CCCCC2)cc1C. The summed E-state index contributed by atoms with van der Waals surface area (Å²) in [5, 5.41) is 3.39. The molecule has 2 aliphatic carbocycles. The van der Waals surface area contributed by atoms with Crippen molar-refractivity contribution in [2.45, 2.75) is 96.7 Å². The quantitative estimate of drug-likeness (QED) is 0.389. The Morgan fingerprint density at radius 3 is 2.44 bits per heavy atom. The topological polar surface area (TPSA) is 56.2 Å². The van der Waals surface area contributed by atoms with Crippen molar-refractivity contribution in [3.63, 3.8) is 0 Å². The Morgan fingerprint density at radius 1 is 1.00 bits per heavy atom. The lowest BCUT2D eigenvalue weighted by Crippen LogP contribution is -2.43. The number of amides is 1. The predicted molar refractivity (Wildman–Crippen MR) is 141 cm³/mol. The molecule has 36 heavy (non-hydrogen) atoms. The third-order valence-corrected chi connectivity index (χ3v) is 8.17. The zero-order valence-electron chi connectivity index (χ0n) is 21.6. The van der Waals surface area contributed by atoms with E-state index in [1.807, 2.05) is 18.2 Å². The van der Waals surface area contributed by atoms with Crippen LogP contribution >= 0.6 is 0 Å². The molecule has 2 fully saturated rings. The first-order valence-corrected chi connectivity index (χ1v) is 13.7. The van der Waals surface area contributed by atoms with E-state index in [0.717, 1.165) is 55.4 Å². The molecule has 0 radical (unpaired) electrons. The van der Waals surface area contributed by atoms with E-state index in [4.69, 9.17) is 9.72 Å². The van der Waals surface area contributed by atoms with Crippen LogP contribution in [0.5, 0.6) is 5.75 Å². The van der Waals surface area contributed by atoms with Crippen molar-refractivity contribution in [3.8, 4) is 5.75 Å². The van der Waals surface area contributed by atoms with Crippen molar-refractivity contribution in [3.05, 3.63) is 59.2 Å². The van der Waals surface area contributed by atoms with Crippen LogP contribution in [0.15, 0.2) is 36.4 Å². The summed E-state index contributed by atoms with van der Waals surface area (Å²) in [6.45, 7) is 4.36. The van der Waals surface area contributed by atoms with Crippen LogP contribution in [0.4, 0.5) is 4.39 Å². The van der Waals surface area contributed by atoms with Crippen LogP contribution in [0.2, 0.25) is 0 Å². The number of rotatable bonds is 7. The summed E-state index contributed by atoms with van der Waals surface area (Å²) in [7, 11) is 0. The van der Waals surface area contributed by atoms with Gasteiger partial charge in [0.1, 0.15) is 30.0 Å². The fraction of sp³-hybridized carbons (Fsp3) is 0.533. The van der Waals surface area contributed by atoms with Gasteiger partial charge in [-0.3, -0.25) is 4.79 Å². The molecule has 1 unspecified atom stereocenters. The van der Waals surface area contributed by atoms with Gasteiger partial charge in [0.15, 0.2) is 0 Å². The fourth-order valence-corrected chi connectivity index (χ4v) is 6.01. The maximum absolute atomic E-state index is 14.2. The highest BCUT2D eigenvalue weighted by molar-refractivity contribution is 5.85. The van der Waals surface area contributed by atoms with E-state index in [1.54, 1.807) is 6.07 Å². The van der Waals surface area contributed by atoms with Gasteiger partial charge in [-0.25, -0.2) is 9.37 Å². The normalized spacial score (nSPS) is 18.3. The second kappa shape index (κ2) is 11.0. The van der Waals surface area contributed by atoms with Gasteiger partial charge in [-0.1, -0.05) is 44.6 Å². The first-order chi connectivity index (χ1) is 17.5. The van der Waals surface area contributed by atoms with E-state index in [9.17, 15) is 9.18 Å². The fourth-order valence-electron chi connectivity index (χ4n) is 6.01. The molecule has 3 aromatic rings. The number of nitrogens with one attached hydrogen (secondary N) is 1. The van der Waals surface area contributed by atoms with Gasteiger partial charge in [0.05, 0.1) is 11.0 Å². The molecule has 2 aliphatic rings. The molecule has 1 aromatic heterocycles. The largest absolute Gasteiger partial charge is 0.486 e. The van der Waals surface area contributed by atoms with Crippen LogP contribution in [0.25, 0.3) is 11.0 Å². The number of carbonyl (C=O) groups excluding carboxylic acids is 1. The van der Waals surface area contributed by atoms with E-state index < -0.39 is 0 Å². The highest BCUT2D eigenvalue weighted by Gasteiger charge is 2.35. The van der Waals surface area contributed by atoms with Crippen LogP contribution in [-0.2, 0) is 11.4 Å². The lowest BCUT2D eigenvalue weighted by atomic mass is 9.83. The molecule has 192 valence electrons. The number of halogens is 1. The van der Waals surface area contributed by atoms with Crippen LogP contribution in [0.1, 0.15) is 87.2 Å². The standard InChI is InChI=1S/C30H38FN3O2/c1-20-13-15-25(17-21(20)2)36-19-28-33-26-18-23(31)14-16-27(26)34(28)29(22-9-5-3-6-10-22)30(35)32-24-11-7-4-8-12-24/h13-18,22,24,29H,3-12,19H2,1-2H3,(H,32,35). The van der Waals surface area contributed by atoms with Gasteiger partial charge < -0.3 is 14.6 Å². The maximum atomic E-state index is 14.2. The van der Waals surface area contributed by atoms with Crippen LogP contribution in [0, 0.1) is 25.6 Å². The summed E-state index contributed by atoms with van der Waals surface area (Å²) in [4.78, 5) is 18.7. The van der Waals surface area contributed by atoms with E-state index in [1.165, 1.54) is 43.4 Å². The molecule has 6 heteroatoms. The minimum Gasteiger partial charge on any atom is -0.486 e. The smallest absolute Gasteiger partial charge is 0.243 e. The minimum atomic E-state index is -0.374. The van der Waals surface area contributed by atoms with Crippen LogP contribution in [-0.4, -0.2) is 21.5 Å². The molecule has 1 N–H and O–H groups in total. The molecule has 5 rings (SSSR count). The van der Waals surface area contributed by atoms with Gasteiger partial charge in [-0.05, 0) is 80.8 Å². The first kappa shape index (κ1) is 24.8. The highest BCUT2D eigenvalue weighted by atomic mass is 19.1. The van der Waals surface area contributed by atoms with Crippen LogP contribution < -0.4 is 10.1 Å². The van der Waals surface area contributed by atoms with E-state index in [-0.39, 0.29) is 36.3 Å². The van der Waals surface area contributed by atoms with Crippen molar-refractivity contribution < 1.29 is 13.9 Å². The lowest BCUT2D eigenvalue weighted by Gasteiger charge is -2.33. The molecule has 0 spiro atoms. The minimum absolute atomic E-state index is 0.0739. The van der Waals surface area contributed by atoms with Gasteiger partial charge in [0.25, 0.3) is 0 Å². The number of aryl methyl sites for hydroxylation is 2. The summed E-state index contributed by atoms with van der Waals surface area (Å²) < 4.78 is 22.4. The van der Waals surface area contributed by atoms with Gasteiger partial charge in [0, 0.05) is 12.1 Å². The molecule has 0 aliphatic heterocycles. The number of imidazole rings is 1. The van der Waals surface area contributed by atoms with Crippen molar-refractivity contribution in [2.24, 2.45) is 5.92 Å². The number of ether oxygens (including phenoxy) is 1. The van der Waals surface area contributed by atoms with Gasteiger partial charge >= 0.3 is 0 Å². The number of hydrogen-bond acceptors (Lipinski definition) is 3. The third-order valence-electron chi connectivity index (χ3n) is 8.17. The van der Waals surface area contributed by atoms with E-state index >= 15 is 0 Å². The molecule has 1 atom stereocenters. The predicted octanol–water partition coefficient (Wildman–Crippen LogP) is 6.94.